The van der Waals surface area contributed by atoms with Crippen LogP contribution >= 0.6 is 0 Å². The monoisotopic (exact) mass is 254 g/mol. The molecule has 100 valence electrons. The van der Waals surface area contributed by atoms with Crippen LogP contribution in [0.4, 0.5) is 0 Å². The molecule has 0 aliphatic carbocycles. The SMILES string of the molecule is Cc1ccc([C@@H](C)CCOCc2ccccc2)cc1. The molecule has 0 aromatic heterocycles. The lowest BCUT2D eigenvalue weighted by Crippen LogP contribution is -2.01. The first-order valence-electron chi connectivity index (χ1n) is 6.94. The zero-order valence-corrected chi connectivity index (χ0v) is 11.8. The highest BCUT2D eigenvalue weighted by molar-refractivity contribution is 5.23. The van der Waals surface area contributed by atoms with E-state index >= 15 is 0 Å². The zero-order valence-electron chi connectivity index (χ0n) is 11.8. The summed E-state index contributed by atoms with van der Waals surface area (Å²) in [6.07, 6.45) is 1.07. The second-order valence-corrected chi connectivity index (χ2v) is 5.14. The van der Waals surface area contributed by atoms with Gasteiger partial charge in [-0.05, 0) is 30.4 Å². The second-order valence-electron chi connectivity index (χ2n) is 5.14. The largest absolute Gasteiger partial charge is 0.377 e. The fourth-order valence-electron chi connectivity index (χ4n) is 2.09. The van der Waals surface area contributed by atoms with Crippen LogP contribution in [-0.4, -0.2) is 6.61 Å². The summed E-state index contributed by atoms with van der Waals surface area (Å²) in [7, 11) is 0. The van der Waals surface area contributed by atoms with Gasteiger partial charge in [-0.1, -0.05) is 67.1 Å². The van der Waals surface area contributed by atoms with E-state index in [9.17, 15) is 0 Å². The topological polar surface area (TPSA) is 9.23 Å². The highest BCUT2D eigenvalue weighted by Crippen LogP contribution is 2.19. The number of aryl methyl sites for hydroxylation is 1. The van der Waals surface area contributed by atoms with Gasteiger partial charge in [0.25, 0.3) is 0 Å². The summed E-state index contributed by atoms with van der Waals surface area (Å²) in [6.45, 7) is 5.90. The molecule has 0 bridgehead atoms. The first-order chi connectivity index (χ1) is 9.25. The molecule has 19 heavy (non-hydrogen) atoms. The van der Waals surface area contributed by atoms with E-state index in [1.54, 1.807) is 0 Å². The molecule has 1 heteroatoms. The summed E-state index contributed by atoms with van der Waals surface area (Å²) < 4.78 is 5.74. The van der Waals surface area contributed by atoms with E-state index in [1.807, 2.05) is 18.2 Å². The molecule has 2 aromatic rings. The minimum absolute atomic E-state index is 0.552. The Labute approximate surface area is 116 Å². The molecule has 0 N–H and O–H groups in total. The van der Waals surface area contributed by atoms with Crippen molar-refractivity contribution in [3.63, 3.8) is 0 Å². The molecule has 1 nitrogen and oxygen atoms in total. The molecule has 0 unspecified atom stereocenters. The summed E-state index contributed by atoms with van der Waals surface area (Å²) in [6, 6.07) is 19.1. The highest BCUT2D eigenvalue weighted by Gasteiger charge is 2.04. The Balaban J connectivity index is 1.72. The van der Waals surface area contributed by atoms with Crippen LogP contribution in [0.1, 0.15) is 36.0 Å². The van der Waals surface area contributed by atoms with Crippen molar-refractivity contribution in [1.82, 2.24) is 0 Å². The van der Waals surface area contributed by atoms with E-state index in [0.29, 0.717) is 12.5 Å². The molecular weight excluding hydrogens is 232 g/mol. The lowest BCUT2D eigenvalue weighted by atomic mass is 9.97. The van der Waals surface area contributed by atoms with Gasteiger partial charge in [0, 0.05) is 6.61 Å². The Hall–Kier alpha value is -1.60. The summed E-state index contributed by atoms with van der Waals surface area (Å²) in [5, 5.41) is 0. The molecule has 2 aromatic carbocycles. The van der Waals surface area contributed by atoms with Crippen molar-refractivity contribution in [3.8, 4) is 0 Å². The van der Waals surface area contributed by atoms with E-state index in [1.165, 1.54) is 16.7 Å². The van der Waals surface area contributed by atoms with Crippen LogP contribution in [0.2, 0.25) is 0 Å². The number of hydrogen-bond donors (Lipinski definition) is 0. The number of rotatable bonds is 6. The number of hydrogen-bond acceptors (Lipinski definition) is 1. The van der Waals surface area contributed by atoms with Crippen LogP contribution in [0.3, 0.4) is 0 Å². The van der Waals surface area contributed by atoms with E-state index in [-0.39, 0.29) is 0 Å². The fraction of sp³-hybridized carbons (Fsp3) is 0.333. The van der Waals surface area contributed by atoms with Crippen LogP contribution in [0.15, 0.2) is 54.6 Å². The van der Waals surface area contributed by atoms with Gasteiger partial charge in [-0.15, -0.1) is 0 Å². The Kier molecular flexibility index (Phi) is 5.17. The zero-order chi connectivity index (χ0) is 13.5. The van der Waals surface area contributed by atoms with E-state index in [4.69, 9.17) is 4.74 Å². The van der Waals surface area contributed by atoms with Gasteiger partial charge in [-0.2, -0.15) is 0 Å². The van der Waals surface area contributed by atoms with E-state index < -0.39 is 0 Å². The lowest BCUT2D eigenvalue weighted by Gasteiger charge is -2.12. The first kappa shape index (κ1) is 13.8. The molecule has 0 saturated heterocycles. The van der Waals surface area contributed by atoms with Crippen molar-refractivity contribution in [3.05, 3.63) is 71.3 Å². The number of ether oxygens (including phenoxy) is 1. The number of benzene rings is 2. The van der Waals surface area contributed by atoms with Gasteiger partial charge < -0.3 is 4.74 Å². The van der Waals surface area contributed by atoms with Crippen molar-refractivity contribution in [2.75, 3.05) is 6.61 Å². The normalized spacial score (nSPS) is 12.3. The standard InChI is InChI=1S/C18H22O/c1-15-8-10-18(11-9-15)16(2)12-13-19-14-17-6-4-3-5-7-17/h3-11,16H,12-14H2,1-2H3/t16-/m0/s1. The summed E-state index contributed by atoms with van der Waals surface area (Å²) in [5.74, 6) is 0.552. The van der Waals surface area contributed by atoms with E-state index in [0.717, 1.165) is 13.0 Å². The molecule has 2 rings (SSSR count). The van der Waals surface area contributed by atoms with Gasteiger partial charge in [-0.3, -0.25) is 0 Å². The van der Waals surface area contributed by atoms with Gasteiger partial charge in [0.1, 0.15) is 0 Å². The first-order valence-corrected chi connectivity index (χ1v) is 6.94. The molecule has 0 radical (unpaired) electrons. The van der Waals surface area contributed by atoms with Crippen molar-refractivity contribution < 1.29 is 4.74 Å². The van der Waals surface area contributed by atoms with Crippen molar-refractivity contribution in [2.24, 2.45) is 0 Å². The van der Waals surface area contributed by atoms with Crippen molar-refractivity contribution in [1.29, 1.82) is 0 Å². The summed E-state index contributed by atoms with van der Waals surface area (Å²) >= 11 is 0. The fourth-order valence-corrected chi connectivity index (χ4v) is 2.09. The Bertz CT molecular complexity index is 473. The van der Waals surface area contributed by atoms with Crippen LogP contribution in [0.5, 0.6) is 0 Å². The average Bonchev–Trinajstić information content (AvgIpc) is 2.45. The molecule has 0 spiro atoms. The maximum Gasteiger partial charge on any atom is 0.0716 e. The molecule has 1 atom stereocenters. The maximum atomic E-state index is 5.74. The van der Waals surface area contributed by atoms with Gasteiger partial charge in [0.2, 0.25) is 0 Å². The van der Waals surface area contributed by atoms with Crippen LogP contribution in [-0.2, 0) is 11.3 Å². The Morgan fingerprint density at radius 1 is 0.947 bits per heavy atom. The second kappa shape index (κ2) is 7.10. The van der Waals surface area contributed by atoms with Gasteiger partial charge in [-0.25, -0.2) is 0 Å². The van der Waals surface area contributed by atoms with Crippen molar-refractivity contribution in [2.45, 2.75) is 32.8 Å². The minimum atomic E-state index is 0.552. The third-order valence-electron chi connectivity index (χ3n) is 3.45. The Morgan fingerprint density at radius 3 is 2.32 bits per heavy atom. The molecule has 0 saturated carbocycles. The maximum absolute atomic E-state index is 5.74. The smallest absolute Gasteiger partial charge is 0.0716 e. The van der Waals surface area contributed by atoms with Gasteiger partial charge in [0.15, 0.2) is 0 Å². The third kappa shape index (κ3) is 4.53. The third-order valence-corrected chi connectivity index (χ3v) is 3.45. The molecule has 0 heterocycles. The minimum Gasteiger partial charge on any atom is -0.377 e. The molecule has 0 amide bonds. The quantitative estimate of drug-likeness (QED) is 0.679. The van der Waals surface area contributed by atoms with Crippen LogP contribution in [0, 0.1) is 6.92 Å². The Morgan fingerprint density at radius 2 is 1.63 bits per heavy atom. The van der Waals surface area contributed by atoms with E-state index in [2.05, 4.69) is 50.2 Å². The lowest BCUT2D eigenvalue weighted by molar-refractivity contribution is 0.115. The molecule has 0 aliphatic rings. The van der Waals surface area contributed by atoms with Gasteiger partial charge in [0.05, 0.1) is 6.61 Å². The highest BCUT2D eigenvalue weighted by atomic mass is 16.5. The molecular formula is C18H22O. The van der Waals surface area contributed by atoms with Gasteiger partial charge >= 0.3 is 0 Å². The van der Waals surface area contributed by atoms with Crippen LogP contribution in [0.25, 0.3) is 0 Å². The molecule has 0 aliphatic heterocycles. The predicted octanol–water partition coefficient (Wildman–Crippen LogP) is 4.71. The average molecular weight is 254 g/mol. The van der Waals surface area contributed by atoms with Crippen LogP contribution < -0.4 is 0 Å². The summed E-state index contributed by atoms with van der Waals surface area (Å²) in [5.41, 5.74) is 3.95. The predicted molar refractivity (Wildman–Crippen MR) is 80.3 cm³/mol. The summed E-state index contributed by atoms with van der Waals surface area (Å²) in [4.78, 5) is 0. The molecule has 0 fully saturated rings. The van der Waals surface area contributed by atoms with Crippen molar-refractivity contribution >= 4 is 0 Å².